The van der Waals surface area contributed by atoms with Gasteiger partial charge in [0.1, 0.15) is 18.5 Å². The highest BCUT2D eigenvalue weighted by molar-refractivity contribution is 5.76. The highest BCUT2D eigenvalue weighted by atomic mass is 19.4. The molecule has 0 saturated carbocycles. The van der Waals surface area contributed by atoms with Gasteiger partial charge in [-0.3, -0.25) is 4.79 Å². The molecule has 1 rings (SSSR count). The molecule has 1 amide bonds. The van der Waals surface area contributed by atoms with Crippen LogP contribution in [0.3, 0.4) is 0 Å². The molecule has 130 valence electrons. The van der Waals surface area contributed by atoms with Crippen molar-refractivity contribution in [2.24, 2.45) is 5.41 Å². The van der Waals surface area contributed by atoms with Crippen molar-refractivity contribution in [2.75, 3.05) is 13.2 Å². The van der Waals surface area contributed by atoms with Gasteiger partial charge in [-0.05, 0) is 29.7 Å². The van der Waals surface area contributed by atoms with E-state index in [0.717, 1.165) is 12.1 Å². The molecular formula is C16H22F3NO3. The molecule has 4 nitrogen and oxygen atoms in total. The van der Waals surface area contributed by atoms with Gasteiger partial charge in [0.2, 0.25) is 5.91 Å². The number of benzene rings is 1. The fraction of sp³-hybridized carbons (Fsp3) is 0.562. The van der Waals surface area contributed by atoms with Crippen LogP contribution in [0, 0.1) is 5.41 Å². The molecule has 2 N–H and O–H groups in total. The van der Waals surface area contributed by atoms with Gasteiger partial charge >= 0.3 is 6.18 Å². The maximum absolute atomic E-state index is 12.4. The van der Waals surface area contributed by atoms with Crippen LogP contribution >= 0.6 is 0 Å². The highest BCUT2D eigenvalue weighted by Gasteiger charge is 2.30. The lowest BCUT2D eigenvalue weighted by atomic mass is 9.92. The summed E-state index contributed by atoms with van der Waals surface area (Å²) in [5.74, 6) is 0.0455. The summed E-state index contributed by atoms with van der Waals surface area (Å²) >= 11 is 0. The number of rotatable bonds is 6. The lowest BCUT2D eigenvalue weighted by Crippen LogP contribution is -2.36. The minimum absolute atomic E-state index is 0.0234. The molecule has 0 aromatic heterocycles. The Hall–Kier alpha value is -1.76. The van der Waals surface area contributed by atoms with Gasteiger partial charge in [-0.1, -0.05) is 20.8 Å². The van der Waals surface area contributed by atoms with Gasteiger partial charge in [-0.25, -0.2) is 0 Å². The van der Waals surface area contributed by atoms with Crippen molar-refractivity contribution in [3.05, 3.63) is 29.8 Å². The average molecular weight is 333 g/mol. The van der Waals surface area contributed by atoms with Gasteiger partial charge in [-0.15, -0.1) is 0 Å². The Bertz CT molecular complexity index is 507. The van der Waals surface area contributed by atoms with Crippen molar-refractivity contribution >= 4 is 5.91 Å². The molecule has 0 bridgehead atoms. The number of aliphatic hydroxyl groups is 1. The second-order valence-electron chi connectivity index (χ2n) is 6.53. The molecule has 1 atom stereocenters. The molecule has 0 aliphatic carbocycles. The van der Waals surface area contributed by atoms with E-state index < -0.39 is 17.8 Å². The molecule has 1 aromatic carbocycles. The van der Waals surface area contributed by atoms with Gasteiger partial charge in [-0.2, -0.15) is 13.2 Å². The molecule has 7 heteroatoms. The molecule has 0 heterocycles. The van der Waals surface area contributed by atoms with Crippen LogP contribution in [-0.2, 0) is 11.0 Å². The fourth-order valence-electron chi connectivity index (χ4n) is 1.77. The third-order valence-corrected chi connectivity index (χ3v) is 2.85. The summed E-state index contributed by atoms with van der Waals surface area (Å²) in [7, 11) is 0. The van der Waals surface area contributed by atoms with Gasteiger partial charge in [0, 0.05) is 13.0 Å². The lowest BCUT2D eigenvalue weighted by Gasteiger charge is -2.18. The molecule has 0 unspecified atom stereocenters. The van der Waals surface area contributed by atoms with Crippen molar-refractivity contribution in [1.82, 2.24) is 5.32 Å². The second-order valence-corrected chi connectivity index (χ2v) is 6.53. The third kappa shape index (κ3) is 7.88. The molecule has 1 aromatic rings. The number of halogens is 3. The first-order valence-electron chi connectivity index (χ1n) is 7.22. The number of alkyl halides is 3. The van der Waals surface area contributed by atoms with Crippen molar-refractivity contribution in [2.45, 2.75) is 39.5 Å². The van der Waals surface area contributed by atoms with E-state index in [1.807, 2.05) is 20.8 Å². The van der Waals surface area contributed by atoms with E-state index in [4.69, 9.17) is 4.74 Å². The molecule has 0 fully saturated rings. The first-order valence-corrected chi connectivity index (χ1v) is 7.22. The fourth-order valence-corrected chi connectivity index (χ4v) is 1.77. The number of hydrogen-bond donors (Lipinski definition) is 2. The Kier molecular flexibility index (Phi) is 6.44. The summed E-state index contributed by atoms with van der Waals surface area (Å²) in [6.07, 6.45) is -5.00. The Morgan fingerprint density at radius 3 is 2.26 bits per heavy atom. The number of hydrogen-bond acceptors (Lipinski definition) is 3. The second kappa shape index (κ2) is 7.68. The van der Waals surface area contributed by atoms with Crippen molar-refractivity contribution in [3.63, 3.8) is 0 Å². The molecule has 0 spiro atoms. The predicted octanol–water partition coefficient (Wildman–Crippen LogP) is 3.00. The molecule has 0 radical (unpaired) electrons. The summed E-state index contributed by atoms with van der Waals surface area (Å²) in [6.45, 7) is 5.68. The molecule has 0 aliphatic heterocycles. The van der Waals surface area contributed by atoms with Crippen molar-refractivity contribution in [1.29, 1.82) is 0 Å². The maximum atomic E-state index is 12.4. The van der Waals surface area contributed by atoms with E-state index >= 15 is 0 Å². The SMILES string of the molecule is CC(C)(C)CC(=O)NC[C@@H](O)COc1ccc(C(F)(F)F)cc1. The summed E-state index contributed by atoms with van der Waals surface area (Å²) in [4.78, 5) is 11.6. The van der Waals surface area contributed by atoms with Crippen LogP contribution in [0.4, 0.5) is 13.2 Å². The van der Waals surface area contributed by atoms with E-state index in [2.05, 4.69) is 5.32 Å². The minimum Gasteiger partial charge on any atom is -0.491 e. The van der Waals surface area contributed by atoms with Gasteiger partial charge in [0.15, 0.2) is 0 Å². The summed E-state index contributed by atoms with van der Waals surface area (Å²) < 4.78 is 42.4. The average Bonchev–Trinajstić information content (AvgIpc) is 2.40. The largest absolute Gasteiger partial charge is 0.491 e. The summed E-state index contributed by atoms with van der Waals surface area (Å²) in [5.41, 5.74) is -0.911. The van der Waals surface area contributed by atoms with Crippen LogP contribution in [-0.4, -0.2) is 30.3 Å². The van der Waals surface area contributed by atoms with E-state index in [1.165, 1.54) is 12.1 Å². The normalized spacial score (nSPS) is 13.5. The first kappa shape index (κ1) is 19.3. The van der Waals surface area contributed by atoms with Crippen molar-refractivity contribution < 1.29 is 27.8 Å². The molecular weight excluding hydrogens is 311 g/mol. The molecule has 0 aliphatic rings. The monoisotopic (exact) mass is 333 g/mol. The predicted molar refractivity (Wildman–Crippen MR) is 80.0 cm³/mol. The van der Waals surface area contributed by atoms with Crippen LogP contribution in [0.1, 0.15) is 32.8 Å². The Labute approximate surface area is 133 Å². The number of ether oxygens (including phenoxy) is 1. The topological polar surface area (TPSA) is 58.6 Å². The Morgan fingerprint density at radius 2 is 1.78 bits per heavy atom. The quantitative estimate of drug-likeness (QED) is 0.841. The van der Waals surface area contributed by atoms with Crippen LogP contribution in [0.15, 0.2) is 24.3 Å². The van der Waals surface area contributed by atoms with Crippen LogP contribution in [0.2, 0.25) is 0 Å². The number of carbonyl (C=O) groups excluding carboxylic acids is 1. The minimum atomic E-state index is -4.39. The van der Waals surface area contributed by atoms with E-state index in [0.29, 0.717) is 6.42 Å². The number of aliphatic hydroxyl groups excluding tert-OH is 1. The van der Waals surface area contributed by atoms with E-state index in [-0.39, 0.29) is 30.2 Å². The highest BCUT2D eigenvalue weighted by Crippen LogP contribution is 2.30. The first-order chi connectivity index (χ1) is 10.5. The standard InChI is InChI=1S/C16H22F3NO3/c1-15(2,3)8-14(22)20-9-12(21)10-23-13-6-4-11(5-7-13)16(17,18)19/h4-7,12,21H,8-10H2,1-3H3,(H,20,22)/t12-/m1/s1. The van der Waals surface area contributed by atoms with Gasteiger partial charge in [0.25, 0.3) is 0 Å². The smallest absolute Gasteiger partial charge is 0.416 e. The van der Waals surface area contributed by atoms with E-state index in [1.54, 1.807) is 0 Å². The van der Waals surface area contributed by atoms with Crippen LogP contribution in [0.25, 0.3) is 0 Å². The van der Waals surface area contributed by atoms with Gasteiger partial charge < -0.3 is 15.2 Å². The number of carbonyl (C=O) groups is 1. The third-order valence-electron chi connectivity index (χ3n) is 2.85. The molecule has 23 heavy (non-hydrogen) atoms. The van der Waals surface area contributed by atoms with Gasteiger partial charge in [0.05, 0.1) is 5.56 Å². The summed E-state index contributed by atoms with van der Waals surface area (Å²) in [6, 6.07) is 4.20. The maximum Gasteiger partial charge on any atom is 0.416 e. The number of nitrogens with one attached hydrogen (secondary N) is 1. The number of amides is 1. The zero-order chi connectivity index (χ0) is 17.7. The zero-order valence-corrected chi connectivity index (χ0v) is 13.4. The van der Waals surface area contributed by atoms with E-state index in [9.17, 15) is 23.1 Å². The van der Waals surface area contributed by atoms with Crippen LogP contribution < -0.4 is 10.1 Å². The summed E-state index contributed by atoms with van der Waals surface area (Å²) in [5, 5.41) is 12.3. The Balaban J connectivity index is 2.36. The lowest BCUT2D eigenvalue weighted by molar-refractivity contribution is -0.137. The zero-order valence-electron chi connectivity index (χ0n) is 13.4. The Morgan fingerprint density at radius 1 is 1.22 bits per heavy atom. The van der Waals surface area contributed by atoms with Crippen LogP contribution in [0.5, 0.6) is 5.75 Å². The molecule has 0 saturated heterocycles. The van der Waals surface area contributed by atoms with Crippen molar-refractivity contribution in [3.8, 4) is 5.75 Å².